The van der Waals surface area contributed by atoms with E-state index in [4.69, 9.17) is 4.74 Å². The van der Waals surface area contributed by atoms with E-state index in [9.17, 15) is 4.79 Å². The predicted molar refractivity (Wildman–Crippen MR) is 65.3 cm³/mol. The van der Waals surface area contributed by atoms with E-state index >= 15 is 0 Å². The zero-order valence-electron chi connectivity index (χ0n) is 9.38. The summed E-state index contributed by atoms with van der Waals surface area (Å²) >= 11 is 0. The molecule has 2 rings (SSSR count). The number of aromatic nitrogens is 2. The summed E-state index contributed by atoms with van der Waals surface area (Å²) in [7, 11) is 0. The normalized spacial score (nSPS) is 10.6. The van der Waals surface area contributed by atoms with E-state index in [0.29, 0.717) is 5.88 Å². The summed E-state index contributed by atoms with van der Waals surface area (Å²) < 4.78 is 4.91. The zero-order valence-corrected chi connectivity index (χ0v) is 9.38. The summed E-state index contributed by atoms with van der Waals surface area (Å²) in [5, 5.41) is 0. The first-order chi connectivity index (χ1) is 8.24. The largest absolute Gasteiger partial charge is 0.410 e. The number of carbonyl (C=O) groups is 1. The van der Waals surface area contributed by atoms with Gasteiger partial charge in [0.05, 0.1) is 0 Å². The molecule has 0 aliphatic rings. The summed E-state index contributed by atoms with van der Waals surface area (Å²) in [6.07, 6.45) is 7.32. The van der Waals surface area contributed by atoms with Crippen molar-refractivity contribution in [3.63, 3.8) is 0 Å². The van der Waals surface area contributed by atoms with Gasteiger partial charge in [-0.3, -0.25) is 9.78 Å². The molecule has 4 nitrogen and oxygen atoms in total. The quantitative estimate of drug-likeness (QED) is 0.821. The topological polar surface area (TPSA) is 55.0 Å². The molecule has 0 aromatic carbocycles. The van der Waals surface area contributed by atoms with Gasteiger partial charge in [-0.25, -0.2) is 0 Å². The third-order valence-electron chi connectivity index (χ3n) is 2.10. The van der Waals surface area contributed by atoms with Crippen LogP contribution in [0.25, 0.3) is 12.2 Å². The van der Waals surface area contributed by atoms with Crippen LogP contribution in [-0.4, -0.2) is 15.9 Å². The highest BCUT2D eigenvalue weighted by Crippen LogP contribution is 2.13. The molecule has 2 heterocycles. The molecule has 0 unspecified atom stereocenters. The van der Waals surface area contributed by atoms with E-state index in [1.807, 2.05) is 30.4 Å². The number of hydrogen-bond donors (Lipinski definition) is 1. The molecule has 2 aromatic heterocycles. The maximum absolute atomic E-state index is 10.7. The third-order valence-corrected chi connectivity index (χ3v) is 2.10. The maximum Gasteiger partial charge on any atom is 0.309 e. The van der Waals surface area contributed by atoms with Crippen molar-refractivity contribution in [3.8, 4) is 5.88 Å². The lowest BCUT2D eigenvalue weighted by molar-refractivity contribution is -0.132. The Morgan fingerprint density at radius 1 is 1.24 bits per heavy atom. The van der Waals surface area contributed by atoms with Crippen molar-refractivity contribution in [2.75, 3.05) is 0 Å². The van der Waals surface area contributed by atoms with Gasteiger partial charge in [-0.15, -0.1) is 0 Å². The monoisotopic (exact) mass is 228 g/mol. The molecule has 0 saturated heterocycles. The Bertz CT molecular complexity index is 529. The summed E-state index contributed by atoms with van der Waals surface area (Å²) in [5.74, 6) is 0.114. The number of nitrogens with one attached hydrogen (secondary N) is 1. The van der Waals surface area contributed by atoms with Crippen LogP contribution in [0.2, 0.25) is 0 Å². The smallest absolute Gasteiger partial charge is 0.309 e. The molecule has 0 saturated carbocycles. The number of pyridine rings is 1. The Labute approximate surface area is 99.0 Å². The standard InChI is InChI=1S/C13H12N2O2/c1-10(16)17-13-5-4-12(15-13)3-2-11-6-8-14-9-7-11/h2-9,15H,1H3/b3-2+. The third kappa shape index (κ3) is 3.31. The molecule has 0 fully saturated rings. The Kier molecular flexibility index (Phi) is 3.35. The van der Waals surface area contributed by atoms with Crippen molar-refractivity contribution in [1.29, 1.82) is 0 Å². The summed E-state index contributed by atoms with van der Waals surface area (Å²) in [6.45, 7) is 1.37. The van der Waals surface area contributed by atoms with Gasteiger partial charge in [0.1, 0.15) is 0 Å². The lowest BCUT2D eigenvalue weighted by Gasteiger charge is -1.95. The van der Waals surface area contributed by atoms with Crippen LogP contribution in [-0.2, 0) is 4.79 Å². The lowest BCUT2D eigenvalue weighted by Crippen LogP contribution is -2.01. The SMILES string of the molecule is CC(=O)Oc1ccc(/C=C/c2ccncc2)[nH]1. The molecule has 0 aliphatic heterocycles. The van der Waals surface area contributed by atoms with Crippen molar-refractivity contribution in [3.05, 3.63) is 47.9 Å². The van der Waals surface area contributed by atoms with Crippen molar-refractivity contribution < 1.29 is 9.53 Å². The molecular formula is C13H12N2O2. The fourth-order valence-corrected chi connectivity index (χ4v) is 1.36. The molecule has 86 valence electrons. The molecule has 1 N–H and O–H groups in total. The molecule has 17 heavy (non-hydrogen) atoms. The number of nitrogens with zero attached hydrogens (tertiary/aromatic N) is 1. The minimum atomic E-state index is -0.337. The molecule has 2 aromatic rings. The van der Waals surface area contributed by atoms with Crippen molar-refractivity contribution in [1.82, 2.24) is 9.97 Å². The number of H-pyrrole nitrogens is 1. The highest BCUT2D eigenvalue weighted by Gasteiger charge is 1.99. The van der Waals surface area contributed by atoms with Crippen LogP contribution in [0.3, 0.4) is 0 Å². The van der Waals surface area contributed by atoms with Gasteiger partial charge in [-0.2, -0.15) is 0 Å². The van der Waals surface area contributed by atoms with E-state index in [0.717, 1.165) is 11.3 Å². The van der Waals surface area contributed by atoms with E-state index < -0.39 is 0 Å². The van der Waals surface area contributed by atoms with Crippen LogP contribution in [0.15, 0.2) is 36.7 Å². The van der Waals surface area contributed by atoms with Gasteiger partial charge in [-0.05, 0) is 29.8 Å². The van der Waals surface area contributed by atoms with E-state index in [1.165, 1.54) is 6.92 Å². The van der Waals surface area contributed by atoms with E-state index in [-0.39, 0.29) is 5.97 Å². The van der Waals surface area contributed by atoms with E-state index in [1.54, 1.807) is 18.5 Å². The molecule has 0 amide bonds. The second-order valence-electron chi connectivity index (χ2n) is 3.49. The number of aromatic amines is 1. The predicted octanol–water partition coefficient (Wildman–Crippen LogP) is 2.51. The van der Waals surface area contributed by atoms with Gasteiger partial charge in [0, 0.05) is 31.1 Å². The first kappa shape index (κ1) is 11.1. The molecule has 0 spiro atoms. The van der Waals surface area contributed by atoms with Crippen LogP contribution < -0.4 is 4.74 Å². The molecule has 0 radical (unpaired) electrons. The molecule has 4 heteroatoms. The molecule has 0 aliphatic carbocycles. The van der Waals surface area contributed by atoms with E-state index in [2.05, 4.69) is 9.97 Å². The van der Waals surface area contributed by atoms with Gasteiger partial charge in [-0.1, -0.05) is 6.08 Å². The van der Waals surface area contributed by atoms with Gasteiger partial charge in [0.15, 0.2) is 0 Å². The Balaban J connectivity index is 2.06. The molecule has 0 atom stereocenters. The maximum atomic E-state index is 10.7. The number of esters is 1. The number of ether oxygens (including phenoxy) is 1. The van der Waals surface area contributed by atoms with Crippen LogP contribution in [0.5, 0.6) is 5.88 Å². The van der Waals surface area contributed by atoms with Crippen molar-refractivity contribution in [2.24, 2.45) is 0 Å². The highest BCUT2D eigenvalue weighted by atomic mass is 16.5. The van der Waals surface area contributed by atoms with Crippen LogP contribution in [0, 0.1) is 0 Å². The number of carbonyl (C=O) groups excluding carboxylic acids is 1. The van der Waals surface area contributed by atoms with Crippen molar-refractivity contribution >= 4 is 18.1 Å². The second kappa shape index (κ2) is 5.12. The Hall–Kier alpha value is -2.36. The number of hydrogen-bond acceptors (Lipinski definition) is 3. The number of rotatable bonds is 3. The first-order valence-corrected chi connectivity index (χ1v) is 5.19. The average molecular weight is 228 g/mol. The lowest BCUT2D eigenvalue weighted by atomic mass is 10.2. The van der Waals surface area contributed by atoms with Crippen LogP contribution in [0.4, 0.5) is 0 Å². The fourth-order valence-electron chi connectivity index (χ4n) is 1.36. The molecule has 0 bridgehead atoms. The van der Waals surface area contributed by atoms with Crippen LogP contribution in [0.1, 0.15) is 18.2 Å². The van der Waals surface area contributed by atoms with Gasteiger partial charge >= 0.3 is 5.97 Å². The summed E-state index contributed by atoms with van der Waals surface area (Å²) in [6, 6.07) is 7.38. The highest BCUT2D eigenvalue weighted by molar-refractivity contribution is 5.70. The Morgan fingerprint density at radius 3 is 2.71 bits per heavy atom. The average Bonchev–Trinajstić information content (AvgIpc) is 2.75. The summed E-state index contributed by atoms with van der Waals surface area (Å²) in [5.41, 5.74) is 1.93. The van der Waals surface area contributed by atoms with Gasteiger partial charge in [0.2, 0.25) is 5.88 Å². The molecular weight excluding hydrogens is 216 g/mol. The zero-order chi connectivity index (χ0) is 12.1. The minimum Gasteiger partial charge on any atom is -0.410 e. The van der Waals surface area contributed by atoms with Crippen LogP contribution >= 0.6 is 0 Å². The second-order valence-corrected chi connectivity index (χ2v) is 3.49. The minimum absolute atomic E-state index is 0.337. The van der Waals surface area contributed by atoms with Gasteiger partial charge < -0.3 is 9.72 Å². The Morgan fingerprint density at radius 2 is 2.00 bits per heavy atom. The van der Waals surface area contributed by atoms with Crippen molar-refractivity contribution in [2.45, 2.75) is 6.92 Å². The fraction of sp³-hybridized carbons (Fsp3) is 0.0769. The summed E-state index contributed by atoms with van der Waals surface area (Å²) in [4.78, 5) is 17.6. The first-order valence-electron chi connectivity index (χ1n) is 5.19. The van der Waals surface area contributed by atoms with Gasteiger partial charge in [0.25, 0.3) is 0 Å².